The van der Waals surface area contributed by atoms with Gasteiger partial charge in [-0.2, -0.15) is 0 Å². The Morgan fingerprint density at radius 3 is 2.94 bits per heavy atom. The summed E-state index contributed by atoms with van der Waals surface area (Å²) >= 11 is 3.42. The molecule has 1 unspecified atom stereocenters. The number of amides is 1. The zero-order chi connectivity index (χ0) is 13.5. The van der Waals surface area contributed by atoms with Crippen molar-refractivity contribution in [3.05, 3.63) is 35.1 Å². The number of nitrogens with one attached hydrogen (secondary N) is 1. The lowest BCUT2D eigenvalue weighted by molar-refractivity contribution is 0.0948. The van der Waals surface area contributed by atoms with Gasteiger partial charge in [-0.15, -0.1) is 0 Å². The summed E-state index contributed by atoms with van der Waals surface area (Å²) in [7, 11) is 1.62. The molecule has 0 bridgehead atoms. The summed E-state index contributed by atoms with van der Waals surface area (Å²) in [6, 6.07) is 4.49. The highest BCUT2D eigenvalue weighted by molar-refractivity contribution is 9.09. The predicted molar refractivity (Wildman–Crippen MR) is 72.7 cm³/mol. The van der Waals surface area contributed by atoms with Crippen LogP contribution in [0.3, 0.4) is 0 Å². The number of halogens is 2. The van der Waals surface area contributed by atoms with Crippen molar-refractivity contribution in [3.63, 3.8) is 0 Å². The lowest BCUT2D eigenvalue weighted by atomic mass is 10.1. The molecule has 1 N–H and O–H groups in total. The van der Waals surface area contributed by atoms with E-state index in [1.54, 1.807) is 19.2 Å². The minimum atomic E-state index is -0.495. The molecule has 0 aromatic heterocycles. The van der Waals surface area contributed by atoms with Gasteiger partial charge < -0.3 is 10.1 Å². The van der Waals surface area contributed by atoms with Crippen molar-refractivity contribution in [2.24, 2.45) is 0 Å². The van der Waals surface area contributed by atoms with Crippen LogP contribution in [0.2, 0.25) is 0 Å². The third kappa shape index (κ3) is 4.74. The van der Waals surface area contributed by atoms with E-state index in [1.807, 2.05) is 6.92 Å². The smallest absolute Gasteiger partial charge is 0.254 e. The van der Waals surface area contributed by atoms with Gasteiger partial charge in [-0.05, 0) is 25.5 Å². The largest absolute Gasteiger partial charge is 0.384 e. The van der Waals surface area contributed by atoms with Crippen molar-refractivity contribution in [1.29, 1.82) is 0 Å². The molecule has 0 aliphatic rings. The maximum Gasteiger partial charge on any atom is 0.254 e. The number of hydrogen-bond donors (Lipinski definition) is 1. The van der Waals surface area contributed by atoms with Crippen LogP contribution in [-0.4, -0.2) is 31.0 Å². The molecule has 0 saturated carbocycles. The van der Waals surface area contributed by atoms with Gasteiger partial charge in [0.15, 0.2) is 0 Å². The molecule has 1 rings (SSSR count). The lowest BCUT2D eigenvalue weighted by Crippen LogP contribution is -2.27. The number of aryl methyl sites for hydroxylation is 1. The van der Waals surface area contributed by atoms with Gasteiger partial charge in [0.05, 0.1) is 12.2 Å². The van der Waals surface area contributed by atoms with Crippen LogP contribution in [0.4, 0.5) is 4.39 Å². The molecule has 5 heteroatoms. The summed E-state index contributed by atoms with van der Waals surface area (Å²) in [6.45, 7) is 2.88. The molecule has 3 nitrogen and oxygen atoms in total. The van der Waals surface area contributed by atoms with E-state index in [-0.39, 0.29) is 16.3 Å². The molecule has 18 heavy (non-hydrogen) atoms. The topological polar surface area (TPSA) is 38.3 Å². The minimum Gasteiger partial charge on any atom is -0.384 e. The summed E-state index contributed by atoms with van der Waals surface area (Å²) in [4.78, 5) is 11.9. The number of carbonyl (C=O) groups excluding carboxylic acids is 1. The number of ether oxygens (including phenoxy) is 1. The lowest BCUT2D eigenvalue weighted by Gasteiger charge is -2.10. The Morgan fingerprint density at radius 1 is 1.56 bits per heavy atom. The second-order valence-electron chi connectivity index (χ2n) is 4.08. The number of benzene rings is 1. The molecule has 0 spiro atoms. The first-order valence-corrected chi connectivity index (χ1v) is 6.63. The van der Waals surface area contributed by atoms with E-state index in [4.69, 9.17) is 4.74 Å². The van der Waals surface area contributed by atoms with E-state index >= 15 is 0 Å². The van der Waals surface area contributed by atoms with Crippen LogP contribution in [0.25, 0.3) is 0 Å². The summed E-state index contributed by atoms with van der Waals surface area (Å²) in [6.07, 6.45) is 0.729. The number of methoxy groups -OCH3 is 1. The van der Waals surface area contributed by atoms with Gasteiger partial charge >= 0.3 is 0 Å². The molecular formula is C13H17BrFNO2. The summed E-state index contributed by atoms with van der Waals surface area (Å²) < 4.78 is 18.4. The Hall–Kier alpha value is -0.940. The third-order valence-corrected chi connectivity index (χ3v) is 3.18. The molecule has 1 aromatic rings. The van der Waals surface area contributed by atoms with E-state index in [0.717, 1.165) is 12.0 Å². The van der Waals surface area contributed by atoms with Crippen LogP contribution in [-0.2, 0) is 4.74 Å². The molecule has 0 aliphatic carbocycles. The van der Waals surface area contributed by atoms with E-state index in [0.29, 0.717) is 13.2 Å². The SMILES string of the molecule is COCC(Br)CCNC(=O)c1cc(C)ccc1F. The van der Waals surface area contributed by atoms with Crippen molar-refractivity contribution in [3.8, 4) is 0 Å². The second-order valence-corrected chi connectivity index (χ2v) is 5.38. The van der Waals surface area contributed by atoms with Crippen LogP contribution in [0, 0.1) is 12.7 Å². The fraction of sp³-hybridized carbons (Fsp3) is 0.462. The summed E-state index contributed by atoms with van der Waals surface area (Å²) in [5.74, 6) is -0.876. The normalized spacial score (nSPS) is 12.2. The summed E-state index contributed by atoms with van der Waals surface area (Å²) in [5, 5.41) is 2.69. The molecule has 1 atom stereocenters. The predicted octanol–water partition coefficient (Wildman–Crippen LogP) is 2.66. The maximum atomic E-state index is 13.4. The zero-order valence-electron chi connectivity index (χ0n) is 10.5. The maximum absolute atomic E-state index is 13.4. The van der Waals surface area contributed by atoms with Gasteiger partial charge in [0, 0.05) is 18.5 Å². The Labute approximate surface area is 115 Å². The van der Waals surface area contributed by atoms with Crippen LogP contribution in [0.1, 0.15) is 22.3 Å². The molecule has 0 saturated heterocycles. The standard InChI is InChI=1S/C13H17BrFNO2/c1-9-3-4-12(15)11(7-9)13(17)16-6-5-10(14)8-18-2/h3-4,7,10H,5-6,8H2,1-2H3,(H,16,17). The molecule has 0 radical (unpaired) electrons. The number of rotatable bonds is 6. The van der Waals surface area contributed by atoms with E-state index in [9.17, 15) is 9.18 Å². The van der Waals surface area contributed by atoms with E-state index in [1.165, 1.54) is 6.07 Å². The molecule has 1 amide bonds. The number of carbonyl (C=O) groups is 1. The van der Waals surface area contributed by atoms with Gasteiger partial charge in [0.1, 0.15) is 5.82 Å². The number of hydrogen-bond acceptors (Lipinski definition) is 2. The first-order valence-electron chi connectivity index (χ1n) is 5.72. The molecule has 1 aromatic carbocycles. The quantitative estimate of drug-likeness (QED) is 0.819. The molecule has 100 valence electrons. The van der Waals surface area contributed by atoms with E-state index < -0.39 is 5.82 Å². The van der Waals surface area contributed by atoms with Gasteiger partial charge in [-0.1, -0.05) is 27.6 Å². The Kier molecular flexibility index (Phi) is 6.29. The van der Waals surface area contributed by atoms with Crippen molar-refractivity contribution in [2.75, 3.05) is 20.3 Å². The highest BCUT2D eigenvalue weighted by Gasteiger charge is 2.12. The fourth-order valence-corrected chi connectivity index (χ4v) is 2.01. The molecule has 0 aliphatic heterocycles. The molecular weight excluding hydrogens is 301 g/mol. The van der Waals surface area contributed by atoms with Gasteiger partial charge in [-0.3, -0.25) is 4.79 Å². The summed E-state index contributed by atoms with van der Waals surface area (Å²) in [5.41, 5.74) is 0.951. The van der Waals surface area contributed by atoms with Crippen molar-refractivity contribution in [2.45, 2.75) is 18.2 Å². The second kappa shape index (κ2) is 7.48. The van der Waals surface area contributed by atoms with Crippen LogP contribution < -0.4 is 5.32 Å². The van der Waals surface area contributed by atoms with Gasteiger partial charge in [0.2, 0.25) is 0 Å². The van der Waals surface area contributed by atoms with Gasteiger partial charge in [-0.25, -0.2) is 4.39 Å². The fourth-order valence-electron chi connectivity index (χ4n) is 1.51. The average molecular weight is 318 g/mol. The number of alkyl halides is 1. The molecule has 0 fully saturated rings. The average Bonchev–Trinajstić information content (AvgIpc) is 2.32. The highest BCUT2D eigenvalue weighted by atomic mass is 79.9. The molecule has 0 heterocycles. The van der Waals surface area contributed by atoms with Crippen molar-refractivity contribution >= 4 is 21.8 Å². The van der Waals surface area contributed by atoms with Crippen LogP contribution >= 0.6 is 15.9 Å². The Bertz CT molecular complexity index is 412. The Balaban J connectivity index is 2.48. The monoisotopic (exact) mass is 317 g/mol. The van der Waals surface area contributed by atoms with Crippen molar-refractivity contribution in [1.82, 2.24) is 5.32 Å². The Morgan fingerprint density at radius 2 is 2.28 bits per heavy atom. The minimum absolute atomic E-state index is 0.0906. The first-order chi connectivity index (χ1) is 8.54. The first kappa shape index (κ1) is 15.1. The van der Waals surface area contributed by atoms with Crippen molar-refractivity contribution < 1.29 is 13.9 Å². The highest BCUT2D eigenvalue weighted by Crippen LogP contribution is 2.10. The van der Waals surface area contributed by atoms with Gasteiger partial charge in [0.25, 0.3) is 5.91 Å². The van der Waals surface area contributed by atoms with Crippen LogP contribution in [0.15, 0.2) is 18.2 Å². The van der Waals surface area contributed by atoms with Crippen LogP contribution in [0.5, 0.6) is 0 Å². The van der Waals surface area contributed by atoms with E-state index in [2.05, 4.69) is 21.2 Å². The third-order valence-electron chi connectivity index (χ3n) is 2.46. The zero-order valence-corrected chi connectivity index (χ0v) is 12.1.